The molecular weight excluding hydrogens is 485 g/mol. The summed E-state index contributed by atoms with van der Waals surface area (Å²) in [6.07, 6.45) is 10.1. The molecule has 0 unspecified atom stereocenters. The van der Waals surface area contributed by atoms with Crippen molar-refractivity contribution in [2.75, 3.05) is 5.73 Å². The monoisotopic (exact) mass is 505 g/mol. The number of aromatic nitrogens is 8. The van der Waals surface area contributed by atoms with Crippen LogP contribution in [0.2, 0.25) is 0 Å². The third kappa shape index (κ3) is 3.58. The fourth-order valence-electron chi connectivity index (χ4n) is 4.58. The second-order valence-electron chi connectivity index (χ2n) is 8.67. The van der Waals surface area contributed by atoms with Crippen molar-refractivity contribution in [3.63, 3.8) is 0 Å². The number of aryl methyl sites for hydroxylation is 3. The predicted octanol–water partition coefficient (Wildman–Crippen LogP) is 4.18. The van der Waals surface area contributed by atoms with Gasteiger partial charge in [-0.3, -0.25) is 0 Å². The number of ether oxygens (including phenoxy) is 1. The van der Waals surface area contributed by atoms with Gasteiger partial charge in [0, 0.05) is 31.5 Å². The van der Waals surface area contributed by atoms with Crippen LogP contribution < -0.4 is 10.5 Å². The maximum atomic E-state index is 15.4. The summed E-state index contributed by atoms with van der Waals surface area (Å²) >= 11 is 0. The van der Waals surface area contributed by atoms with Gasteiger partial charge in [-0.1, -0.05) is 6.07 Å². The Kier molecular flexibility index (Phi) is 5.24. The Bertz CT molecular complexity index is 1930. The molecule has 11 heteroatoms. The van der Waals surface area contributed by atoms with E-state index in [1.165, 1.54) is 18.5 Å². The van der Waals surface area contributed by atoms with Gasteiger partial charge >= 0.3 is 6.01 Å². The van der Waals surface area contributed by atoms with Gasteiger partial charge in [-0.05, 0) is 42.7 Å². The molecule has 186 valence electrons. The topological polar surface area (TPSA) is 122 Å². The molecule has 0 fully saturated rings. The number of anilines is 1. The molecule has 38 heavy (non-hydrogen) atoms. The highest BCUT2D eigenvalue weighted by Gasteiger charge is 2.25. The van der Waals surface area contributed by atoms with Crippen molar-refractivity contribution < 1.29 is 9.13 Å². The van der Waals surface area contributed by atoms with Crippen LogP contribution in [0, 0.1) is 25.1 Å². The van der Waals surface area contributed by atoms with E-state index in [1.807, 2.05) is 29.3 Å². The zero-order chi connectivity index (χ0) is 26.6. The molecule has 5 heterocycles. The van der Waals surface area contributed by atoms with Gasteiger partial charge in [-0.2, -0.15) is 0 Å². The highest BCUT2D eigenvalue weighted by atomic mass is 19.1. The first-order chi connectivity index (χ1) is 18.4. The highest BCUT2D eigenvalue weighted by Crippen LogP contribution is 2.43. The van der Waals surface area contributed by atoms with Crippen LogP contribution in [0.15, 0.2) is 49.1 Å². The Morgan fingerprint density at radius 1 is 1.03 bits per heavy atom. The predicted molar refractivity (Wildman–Crippen MR) is 141 cm³/mol. The summed E-state index contributed by atoms with van der Waals surface area (Å²) in [5, 5.41) is 0.598. The van der Waals surface area contributed by atoms with Gasteiger partial charge in [0.05, 0.1) is 34.0 Å². The Morgan fingerprint density at radius 3 is 2.63 bits per heavy atom. The minimum atomic E-state index is -0.590. The van der Waals surface area contributed by atoms with E-state index < -0.39 is 5.82 Å². The molecule has 0 saturated heterocycles. The van der Waals surface area contributed by atoms with E-state index in [4.69, 9.17) is 16.9 Å². The minimum absolute atomic E-state index is 0.00736. The summed E-state index contributed by atoms with van der Waals surface area (Å²) in [6.45, 7) is 1.80. The fourth-order valence-corrected chi connectivity index (χ4v) is 4.58. The molecule has 0 amide bonds. The van der Waals surface area contributed by atoms with E-state index in [1.54, 1.807) is 31.5 Å². The lowest BCUT2D eigenvalue weighted by Crippen LogP contribution is -1.99. The van der Waals surface area contributed by atoms with Crippen molar-refractivity contribution in [3.8, 4) is 46.6 Å². The molecule has 0 aliphatic rings. The van der Waals surface area contributed by atoms with Crippen LogP contribution in [0.25, 0.3) is 44.6 Å². The number of nitrogens with two attached hydrogens (primary N) is 1. The zero-order valence-electron chi connectivity index (χ0n) is 20.6. The molecule has 0 spiro atoms. The van der Waals surface area contributed by atoms with Crippen molar-refractivity contribution in [2.45, 2.75) is 6.92 Å². The molecule has 5 aromatic heterocycles. The lowest BCUT2D eigenvalue weighted by atomic mass is 10.0. The number of hydrogen-bond acceptors (Lipinski definition) is 8. The highest BCUT2D eigenvalue weighted by molar-refractivity contribution is 6.08. The Morgan fingerprint density at radius 2 is 1.87 bits per heavy atom. The second kappa shape index (κ2) is 8.63. The normalized spacial score (nSPS) is 11.2. The van der Waals surface area contributed by atoms with E-state index in [-0.39, 0.29) is 23.4 Å². The molecule has 0 aliphatic carbocycles. The number of rotatable bonds is 4. The lowest BCUT2D eigenvalue weighted by molar-refractivity contribution is 0.410. The van der Waals surface area contributed by atoms with Crippen LogP contribution in [-0.2, 0) is 14.1 Å². The van der Waals surface area contributed by atoms with Gasteiger partial charge in [0.2, 0.25) is 5.82 Å². The summed E-state index contributed by atoms with van der Waals surface area (Å²) < 4.78 is 24.8. The Labute approximate surface area is 216 Å². The van der Waals surface area contributed by atoms with Gasteiger partial charge in [-0.15, -0.1) is 6.42 Å². The van der Waals surface area contributed by atoms with Crippen molar-refractivity contribution in [3.05, 3.63) is 66.4 Å². The smallest absolute Gasteiger partial charge is 0.322 e. The molecule has 0 aliphatic heterocycles. The number of benzene rings is 1. The molecule has 0 saturated carbocycles. The van der Waals surface area contributed by atoms with Gasteiger partial charge in [-0.25, -0.2) is 34.3 Å². The summed E-state index contributed by atoms with van der Waals surface area (Å²) in [6, 6.07) is 8.36. The number of terminal acetylenes is 1. The van der Waals surface area contributed by atoms with Crippen molar-refractivity contribution in [1.29, 1.82) is 0 Å². The van der Waals surface area contributed by atoms with Gasteiger partial charge in [0.15, 0.2) is 11.6 Å². The maximum Gasteiger partial charge on any atom is 0.322 e. The number of nitrogen functional groups attached to an aromatic ring is 1. The summed E-state index contributed by atoms with van der Waals surface area (Å²) in [7, 11) is 3.76. The van der Waals surface area contributed by atoms with E-state index in [0.717, 1.165) is 16.9 Å². The summed E-state index contributed by atoms with van der Waals surface area (Å²) in [5.74, 6) is 2.43. The van der Waals surface area contributed by atoms with E-state index in [9.17, 15) is 0 Å². The van der Waals surface area contributed by atoms with Gasteiger partial charge in [0.1, 0.15) is 17.8 Å². The van der Waals surface area contributed by atoms with Crippen molar-refractivity contribution in [2.24, 2.45) is 14.1 Å². The zero-order valence-corrected chi connectivity index (χ0v) is 20.6. The molecule has 6 rings (SSSR count). The first kappa shape index (κ1) is 23.1. The molecular formula is C27H20FN9O. The van der Waals surface area contributed by atoms with E-state index >= 15 is 4.39 Å². The molecule has 6 aromatic rings. The fraction of sp³-hybridized carbons (Fsp3) is 0.111. The number of hydrogen-bond donors (Lipinski definition) is 1. The van der Waals surface area contributed by atoms with Crippen molar-refractivity contribution >= 4 is 27.9 Å². The van der Waals surface area contributed by atoms with Crippen LogP contribution in [0.5, 0.6) is 11.8 Å². The standard InChI is InChI=1S/C27H20FN9O/c1-5-21-31-12-19-17(35-21)11-18(36(19)3)24-22(23-25(29)32-13-33-26(23)37(24)4)15-6-7-20(16(28)10-15)38-27-30-9-8-14(2)34-27/h1,6-13H,2-4H3,(H2,29,32,33). The molecule has 0 atom stereocenters. The SMILES string of the molecule is C#Cc1ncc2c(cc(-c3c(-c4ccc(Oc5nccc(C)n5)c(F)c4)c4c(N)ncnc4n3C)n2C)n1. The first-order valence-electron chi connectivity index (χ1n) is 11.5. The largest absolute Gasteiger partial charge is 0.421 e. The Hall–Kier alpha value is -5.37. The minimum Gasteiger partial charge on any atom is -0.421 e. The third-order valence-corrected chi connectivity index (χ3v) is 6.36. The lowest BCUT2D eigenvalue weighted by Gasteiger charge is -2.11. The van der Waals surface area contributed by atoms with Crippen LogP contribution in [0.1, 0.15) is 11.5 Å². The Balaban J connectivity index is 1.57. The van der Waals surface area contributed by atoms with Crippen LogP contribution in [0.3, 0.4) is 0 Å². The molecule has 10 nitrogen and oxygen atoms in total. The van der Waals surface area contributed by atoms with E-state index in [2.05, 4.69) is 35.8 Å². The van der Waals surface area contributed by atoms with Crippen molar-refractivity contribution in [1.82, 2.24) is 39.0 Å². The number of fused-ring (bicyclic) bond motifs is 2. The average Bonchev–Trinajstić information content (AvgIpc) is 3.39. The number of nitrogens with zero attached hydrogens (tertiary/aromatic N) is 8. The summed E-state index contributed by atoms with van der Waals surface area (Å²) in [5.41, 5.74) is 11.8. The van der Waals surface area contributed by atoms with Gasteiger partial charge < -0.3 is 19.6 Å². The third-order valence-electron chi connectivity index (χ3n) is 6.36. The summed E-state index contributed by atoms with van der Waals surface area (Å²) in [4.78, 5) is 25.6. The van der Waals surface area contributed by atoms with Crippen LogP contribution in [0.4, 0.5) is 10.2 Å². The maximum absolute atomic E-state index is 15.4. The van der Waals surface area contributed by atoms with Crippen LogP contribution in [-0.4, -0.2) is 39.0 Å². The van der Waals surface area contributed by atoms with Crippen LogP contribution >= 0.6 is 0 Å². The second-order valence-corrected chi connectivity index (χ2v) is 8.67. The van der Waals surface area contributed by atoms with E-state index in [0.29, 0.717) is 33.4 Å². The quantitative estimate of drug-likeness (QED) is 0.354. The molecule has 0 radical (unpaired) electrons. The first-order valence-corrected chi connectivity index (χ1v) is 11.5. The van der Waals surface area contributed by atoms with Gasteiger partial charge in [0.25, 0.3) is 0 Å². The molecule has 2 N–H and O–H groups in total. The average molecular weight is 506 g/mol. The molecule has 0 bridgehead atoms. The number of halogens is 1. The molecule has 1 aromatic carbocycles.